The number of methoxy groups -OCH3 is 2. The van der Waals surface area contributed by atoms with Crippen LogP contribution in [-0.2, 0) is 0 Å². The highest BCUT2D eigenvalue weighted by Crippen LogP contribution is 2.37. The molecule has 0 saturated carbocycles. The van der Waals surface area contributed by atoms with Gasteiger partial charge in [-0.2, -0.15) is 0 Å². The minimum Gasteiger partial charge on any atom is -0.504 e. The summed E-state index contributed by atoms with van der Waals surface area (Å²) < 4.78 is 10.6. The van der Waals surface area contributed by atoms with E-state index in [0.717, 1.165) is 11.1 Å². The minimum atomic E-state index is -0.164. The van der Waals surface area contributed by atoms with Crippen LogP contribution in [0.5, 0.6) is 23.0 Å². The Balaban J connectivity index is 0.000000232. The molecule has 0 radical (unpaired) electrons. The van der Waals surface area contributed by atoms with Gasteiger partial charge in [0.05, 0.1) is 25.3 Å². The quantitative estimate of drug-likeness (QED) is 0.455. The lowest BCUT2D eigenvalue weighted by Gasteiger charge is -2.10. The average Bonchev–Trinajstić information content (AvgIpc) is 2.76. The molecule has 0 aliphatic heterocycles. The predicted octanol–water partition coefficient (Wildman–Crippen LogP) is 5.51. The molecule has 0 amide bonds. The smallest absolute Gasteiger partial charge is 0.168 e. The standard InChI is InChI=1S/C14H11ClO3.C8H7BrO3/c1-18-13-7-9(6-10(8-16)14(13)17)11-4-2-3-5-12(11)15;1-12-7-3-6(9)2-5(4-10)8(7)11/h2-8,17H,1H3;2-4,11H,1H3. The van der Waals surface area contributed by atoms with Gasteiger partial charge in [-0.25, -0.2) is 0 Å². The van der Waals surface area contributed by atoms with Gasteiger partial charge in [-0.3, -0.25) is 9.59 Å². The number of rotatable bonds is 5. The number of halogens is 2. The lowest BCUT2D eigenvalue weighted by Crippen LogP contribution is -1.91. The normalized spacial score (nSPS) is 9.87. The Bertz CT molecular complexity index is 1070. The molecule has 0 saturated heterocycles. The Morgan fingerprint density at radius 2 is 1.40 bits per heavy atom. The molecule has 0 fully saturated rings. The minimum absolute atomic E-state index is 0.129. The molecule has 3 aromatic rings. The zero-order valence-corrected chi connectivity index (χ0v) is 18.4. The first kappa shape index (κ1) is 23.3. The molecule has 0 aliphatic carbocycles. The Morgan fingerprint density at radius 1 is 0.867 bits per heavy atom. The van der Waals surface area contributed by atoms with Gasteiger partial charge in [-0.05, 0) is 35.9 Å². The lowest BCUT2D eigenvalue weighted by molar-refractivity contribution is 0.111. The van der Waals surface area contributed by atoms with Gasteiger partial charge in [0.1, 0.15) is 0 Å². The van der Waals surface area contributed by atoms with E-state index >= 15 is 0 Å². The zero-order chi connectivity index (χ0) is 22.3. The summed E-state index contributed by atoms with van der Waals surface area (Å²) in [5.41, 5.74) is 1.88. The third kappa shape index (κ3) is 5.31. The Kier molecular flexibility index (Phi) is 8.26. The van der Waals surface area contributed by atoms with Gasteiger partial charge in [-0.15, -0.1) is 0 Å². The number of carbonyl (C=O) groups excluding carboxylic acids is 2. The van der Waals surface area contributed by atoms with E-state index in [1.165, 1.54) is 20.3 Å². The molecule has 0 bridgehead atoms. The van der Waals surface area contributed by atoms with Crippen LogP contribution in [0.15, 0.2) is 53.0 Å². The van der Waals surface area contributed by atoms with Crippen LogP contribution in [0.3, 0.4) is 0 Å². The zero-order valence-electron chi connectivity index (χ0n) is 16.1. The number of hydrogen-bond acceptors (Lipinski definition) is 6. The third-order valence-electron chi connectivity index (χ3n) is 4.05. The van der Waals surface area contributed by atoms with Gasteiger partial charge in [0.15, 0.2) is 35.6 Å². The highest BCUT2D eigenvalue weighted by molar-refractivity contribution is 9.10. The first-order chi connectivity index (χ1) is 14.4. The number of aldehydes is 2. The molecule has 0 spiro atoms. The fourth-order valence-electron chi connectivity index (χ4n) is 2.57. The van der Waals surface area contributed by atoms with E-state index in [-0.39, 0.29) is 34.1 Å². The third-order valence-corrected chi connectivity index (χ3v) is 4.84. The number of hydrogen-bond donors (Lipinski definition) is 2. The van der Waals surface area contributed by atoms with Crippen molar-refractivity contribution in [3.05, 3.63) is 69.2 Å². The Hall–Kier alpha value is -3.03. The molecule has 0 heterocycles. The van der Waals surface area contributed by atoms with Crippen molar-refractivity contribution in [1.29, 1.82) is 0 Å². The van der Waals surface area contributed by atoms with Gasteiger partial charge < -0.3 is 19.7 Å². The predicted molar refractivity (Wildman–Crippen MR) is 118 cm³/mol. The van der Waals surface area contributed by atoms with E-state index in [0.29, 0.717) is 22.1 Å². The summed E-state index contributed by atoms with van der Waals surface area (Å²) in [7, 11) is 2.86. The first-order valence-electron chi connectivity index (χ1n) is 8.49. The van der Waals surface area contributed by atoms with Crippen LogP contribution >= 0.6 is 27.5 Å². The summed E-state index contributed by atoms with van der Waals surface area (Å²) in [6, 6.07) is 13.6. The van der Waals surface area contributed by atoms with E-state index in [2.05, 4.69) is 15.9 Å². The highest BCUT2D eigenvalue weighted by atomic mass is 79.9. The van der Waals surface area contributed by atoms with Crippen molar-refractivity contribution in [2.24, 2.45) is 0 Å². The second-order valence-corrected chi connectivity index (χ2v) is 7.20. The van der Waals surface area contributed by atoms with Gasteiger partial charge in [-0.1, -0.05) is 45.7 Å². The van der Waals surface area contributed by atoms with Gasteiger partial charge >= 0.3 is 0 Å². The topological polar surface area (TPSA) is 93.1 Å². The summed E-state index contributed by atoms with van der Waals surface area (Å²) in [4.78, 5) is 21.3. The Labute approximate surface area is 186 Å². The van der Waals surface area contributed by atoms with E-state index in [9.17, 15) is 19.8 Å². The summed E-state index contributed by atoms with van der Waals surface area (Å²) in [5, 5.41) is 19.6. The maximum atomic E-state index is 10.9. The fourth-order valence-corrected chi connectivity index (χ4v) is 3.26. The number of carbonyl (C=O) groups is 2. The molecular formula is C22H18BrClO6. The summed E-state index contributed by atoms with van der Waals surface area (Å²) in [6.07, 6.45) is 1.15. The van der Waals surface area contributed by atoms with E-state index in [4.69, 9.17) is 21.1 Å². The number of phenolic OH excluding ortho intramolecular Hbond substituents is 2. The van der Waals surface area contributed by atoms with Crippen LogP contribution in [0.25, 0.3) is 11.1 Å². The molecule has 156 valence electrons. The van der Waals surface area contributed by atoms with Crippen molar-refractivity contribution >= 4 is 40.1 Å². The Morgan fingerprint density at radius 3 is 1.93 bits per heavy atom. The highest BCUT2D eigenvalue weighted by Gasteiger charge is 2.12. The SMILES string of the molecule is COc1cc(-c2ccccc2Cl)cc(C=O)c1O.COc1cc(Br)cc(C=O)c1O. The van der Waals surface area contributed by atoms with Crippen molar-refractivity contribution in [3.8, 4) is 34.1 Å². The molecule has 2 N–H and O–H groups in total. The van der Waals surface area contributed by atoms with Crippen LogP contribution in [-0.4, -0.2) is 37.0 Å². The van der Waals surface area contributed by atoms with Crippen molar-refractivity contribution in [2.75, 3.05) is 14.2 Å². The molecule has 0 atom stereocenters. The second-order valence-electron chi connectivity index (χ2n) is 5.88. The van der Waals surface area contributed by atoms with E-state index in [1.807, 2.05) is 18.2 Å². The molecule has 0 unspecified atom stereocenters. The molecule has 6 nitrogen and oxygen atoms in total. The van der Waals surface area contributed by atoms with Crippen molar-refractivity contribution < 1.29 is 29.3 Å². The van der Waals surface area contributed by atoms with Crippen LogP contribution in [0.2, 0.25) is 5.02 Å². The van der Waals surface area contributed by atoms with Crippen LogP contribution < -0.4 is 9.47 Å². The maximum Gasteiger partial charge on any atom is 0.168 e. The molecule has 30 heavy (non-hydrogen) atoms. The van der Waals surface area contributed by atoms with Crippen molar-refractivity contribution in [2.45, 2.75) is 0 Å². The van der Waals surface area contributed by atoms with E-state index in [1.54, 1.807) is 24.3 Å². The summed E-state index contributed by atoms with van der Waals surface area (Å²) in [5.74, 6) is 0.236. The van der Waals surface area contributed by atoms with Gasteiger partial charge in [0.25, 0.3) is 0 Å². The van der Waals surface area contributed by atoms with Crippen LogP contribution in [0.1, 0.15) is 20.7 Å². The first-order valence-corrected chi connectivity index (χ1v) is 9.66. The van der Waals surface area contributed by atoms with E-state index < -0.39 is 0 Å². The van der Waals surface area contributed by atoms with Crippen molar-refractivity contribution in [3.63, 3.8) is 0 Å². The van der Waals surface area contributed by atoms with Crippen LogP contribution in [0, 0.1) is 0 Å². The second kappa shape index (κ2) is 10.7. The van der Waals surface area contributed by atoms with Crippen LogP contribution in [0.4, 0.5) is 0 Å². The largest absolute Gasteiger partial charge is 0.504 e. The number of ether oxygens (including phenoxy) is 2. The summed E-state index contributed by atoms with van der Waals surface area (Å²) in [6.45, 7) is 0. The number of aromatic hydroxyl groups is 2. The molecule has 0 aromatic heterocycles. The monoisotopic (exact) mass is 492 g/mol. The average molecular weight is 494 g/mol. The lowest BCUT2D eigenvalue weighted by atomic mass is 10.0. The molecule has 3 aromatic carbocycles. The molecule has 8 heteroatoms. The molecule has 3 rings (SSSR count). The summed E-state index contributed by atoms with van der Waals surface area (Å²) >= 11 is 9.28. The number of benzene rings is 3. The number of phenols is 2. The molecular weight excluding hydrogens is 476 g/mol. The van der Waals surface area contributed by atoms with Gasteiger partial charge in [0, 0.05) is 15.1 Å². The molecule has 0 aliphatic rings. The maximum absolute atomic E-state index is 10.9. The van der Waals surface area contributed by atoms with Gasteiger partial charge in [0.2, 0.25) is 0 Å². The van der Waals surface area contributed by atoms with Crippen molar-refractivity contribution in [1.82, 2.24) is 0 Å². The fraction of sp³-hybridized carbons (Fsp3) is 0.0909.